The smallest absolute Gasteiger partial charge is 0.342 e. The molecule has 0 aliphatic rings. The Morgan fingerprint density at radius 1 is 1.00 bits per heavy atom. The highest BCUT2D eigenvalue weighted by Gasteiger charge is 2.13. The summed E-state index contributed by atoms with van der Waals surface area (Å²) in [4.78, 5) is 23.3. The van der Waals surface area contributed by atoms with Crippen LogP contribution in [0.5, 0.6) is 5.75 Å². The van der Waals surface area contributed by atoms with Gasteiger partial charge in [0, 0.05) is 11.1 Å². The van der Waals surface area contributed by atoms with Crippen LogP contribution in [0.1, 0.15) is 33.2 Å². The van der Waals surface area contributed by atoms with Crippen molar-refractivity contribution in [3.8, 4) is 5.75 Å². The second-order valence-corrected chi connectivity index (χ2v) is 4.31. The van der Waals surface area contributed by atoms with E-state index in [9.17, 15) is 14.7 Å². The first-order valence-electron chi connectivity index (χ1n) is 6.13. The zero-order chi connectivity index (χ0) is 14.5. The standard InChI is InChI=1S/C16H14O4/c1-11(17)13-7-3-2-6-12(13)10-20-16(19)14-8-4-5-9-15(14)18/h2-9,18H,10H2,1H3. The summed E-state index contributed by atoms with van der Waals surface area (Å²) in [5.74, 6) is -0.835. The van der Waals surface area contributed by atoms with Crippen molar-refractivity contribution >= 4 is 11.8 Å². The molecule has 0 saturated heterocycles. The van der Waals surface area contributed by atoms with Crippen LogP contribution in [0.3, 0.4) is 0 Å². The number of carbonyl (C=O) groups is 2. The third-order valence-electron chi connectivity index (χ3n) is 2.88. The largest absolute Gasteiger partial charge is 0.507 e. The van der Waals surface area contributed by atoms with Crippen molar-refractivity contribution in [1.82, 2.24) is 0 Å². The SMILES string of the molecule is CC(=O)c1ccccc1COC(=O)c1ccccc1O. The van der Waals surface area contributed by atoms with Gasteiger partial charge in [-0.05, 0) is 19.1 Å². The van der Waals surface area contributed by atoms with E-state index in [1.807, 2.05) is 0 Å². The lowest BCUT2D eigenvalue weighted by atomic mass is 10.1. The summed E-state index contributed by atoms with van der Waals surface area (Å²) >= 11 is 0. The number of phenols is 1. The number of ketones is 1. The molecular weight excluding hydrogens is 256 g/mol. The summed E-state index contributed by atoms with van der Waals surface area (Å²) in [6.45, 7) is 1.45. The predicted octanol–water partition coefficient (Wildman–Crippen LogP) is 2.95. The molecule has 2 aromatic carbocycles. The summed E-state index contributed by atoms with van der Waals surface area (Å²) < 4.78 is 5.13. The minimum absolute atomic E-state index is 0.0110. The molecule has 2 aromatic rings. The van der Waals surface area contributed by atoms with Crippen molar-refractivity contribution in [2.75, 3.05) is 0 Å². The van der Waals surface area contributed by atoms with Crippen molar-refractivity contribution in [2.24, 2.45) is 0 Å². The first kappa shape index (κ1) is 13.8. The Bertz CT molecular complexity index is 646. The third-order valence-corrected chi connectivity index (χ3v) is 2.88. The van der Waals surface area contributed by atoms with E-state index in [0.717, 1.165) is 0 Å². The Morgan fingerprint density at radius 3 is 2.25 bits per heavy atom. The molecule has 0 fully saturated rings. The first-order valence-corrected chi connectivity index (χ1v) is 6.13. The Labute approximate surface area is 116 Å². The molecule has 0 heterocycles. The molecule has 0 spiro atoms. The van der Waals surface area contributed by atoms with Gasteiger partial charge in [-0.1, -0.05) is 36.4 Å². The van der Waals surface area contributed by atoms with E-state index in [1.165, 1.54) is 19.1 Å². The molecule has 0 radical (unpaired) electrons. The number of hydrogen-bond acceptors (Lipinski definition) is 4. The molecule has 2 rings (SSSR count). The Hall–Kier alpha value is -2.62. The van der Waals surface area contributed by atoms with E-state index < -0.39 is 5.97 Å². The Morgan fingerprint density at radius 2 is 1.60 bits per heavy atom. The lowest BCUT2D eigenvalue weighted by Gasteiger charge is -2.09. The highest BCUT2D eigenvalue weighted by molar-refractivity contribution is 5.96. The molecule has 0 atom stereocenters. The van der Waals surface area contributed by atoms with Gasteiger partial charge < -0.3 is 9.84 Å². The van der Waals surface area contributed by atoms with Gasteiger partial charge in [-0.25, -0.2) is 4.79 Å². The fraction of sp³-hybridized carbons (Fsp3) is 0.125. The van der Waals surface area contributed by atoms with Crippen LogP contribution in [0.25, 0.3) is 0 Å². The molecule has 0 amide bonds. The van der Waals surface area contributed by atoms with E-state index in [2.05, 4.69) is 0 Å². The summed E-state index contributed by atoms with van der Waals surface area (Å²) in [6, 6.07) is 13.1. The molecular formula is C16H14O4. The zero-order valence-corrected chi connectivity index (χ0v) is 11.0. The molecule has 0 saturated carbocycles. The molecule has 0 aliphatic carbocycles. The number of ether oxygens (including phenoxy) is 1. The lowest BCUT2D eigenvalue weighted by Crippen LogP contribution is -2.08. The summed E-state index contributed by atoms with van der Waals surface area (Å²) in [5.41, 5.74) is 1.27. The van der Waals surface area contributed by atoms with Crippen LogP contribution >= 0.6 is 0 Å². The van der Waals surface area contributed by atoms with Crippen molar-refractivity contribution in [3.63, 3.8) is 0 Å². The van der Waals surface area contributed by atoms with Gasteiger partial charge in [-0.2, -0.15) is 0 Å². The molecule has 4 nitrogen and oxygen atoms in total. The maximum absolute atomic E-state index is 11.9. The number of Topliss-reactive ketones (excluding diaryl/α,β-unsaturated/α-hetero) is 1. The van der Waals surface area contributed by atoms with Crippen LogP contribution in [0, 0.1) is 0 Å². The predicted molar refractivity (Wildman–Crippen MR) is 73.7 cm³/mol. The highest BCUT2D eigenvalue weighted by atomic mass is 16.5. The van der Waals surface area contributed by atoms with Gasteiger partial charge in [0.25, 0.3) is 0 Å². The van der Waals surface area contributed by atoms with Crippen LogP contribution in [-0.4, -0.2) is 16.9 Å². The number of esters is 1. The van der Waals surface area contributed by atoms with Crippen molar-refractivity contribution in [3.05, 3.63) is 65.2 Å². The van der Waals surface area contributed by atoms with Crippen LogP contribution in [-0.2, 0) is 11.3 Å². The van der Waals surface area contributed by atoms with Crippen molar-refractivity contribution in [1.29, 1.82) is 0 Å². The topological polar surface area (TPSA) is 63.6 Å². The fourth-order valence-corrected chi connectivity index (χ4v) is 1.86. The van der Waals surface area contributed by atoms with E-state index in [0.29, 0.717) is 11.1 Å². The number of hydrogen-bond donors (Lipinski definition) is 1. The third kappa shape index (κ3) is 3.03. The van der Waals surface area contributed by atoms with Crippen LogP contribution in [0.4, 0.5) is 0 Å². The minimum atomic E-state index is -0.624. The monoisotopic (exact) mass is 270 g/mol. The maximum Gasteiger partial charge on any atom is 0.342 e. The number of phenolic OH excluding ortho intramolecular Hbond substituents is 1. The van der Waals surface area contributed by atoms with Gasteiger partial charge in [0.1, 0.15) is 17.9 Å². The Balaban J connectivity index is 2.12. The van der Waals surface area contributed by atoms with Crippen LogP contribution < -0.4 is 0 Å². The first-order chi connectivity index (χ1) is 9.59. The number of para-hydroxylation sites is 1. The van der Waals surface area contributed by atoms with Gasteiger partial charge in [0.05, 0.1) is 0 Å². The summed E-state index contributed by atoms with van der Waals surface area (Å²) in [7, 11) is 0. The molecule has 1 N–H and O–H groups in total. The zero-order valence-electron chi connectivity index (χ0n) is 11.0. The minimum Gasteiger partial charge on any atom is -0.507 e. The molecule has 102 valence electrons. The molecule has 0 aromatic heterocycles. The van der Waals surface area contributed by atoms with Gasteiger partial charge in [-0.3, -0.25) is 4.79 Å². The molecule has 4 heteroatoms. The Kier molecular flexibility index (Phi) is 4.15. The van der Waals surface area contributed by atoms with E-state index in [4.69, 9.17) is 4.74 Å². The molecule has 0 unspecified atom stereocenters. The van der Waals surface area contributed by atoms with E-state index in [-0.39, 0.29) is 23.7 Å². The average molecular weight is 270 g/mol. The normalized spacial score (nSPS) is 10.1. The van der Waals surface area contributed by atoms with Crippen molar-refractivity contribution < 1.29 is 19.4 Å². The second kappa shape index (κ2) is 6.02. The van der Waals surface area contributed by atoms with Crippen LogP contribution in [0.15, 0.2) is 48.5 Å². The average Bonchev–Trinajstić information content (AvgIpc) is 2.45. The van der Waals surface area contributed by atoms with E-state index in [1.54, 1.807) is 36.4 Å². The van der Waals surface area contributed by atoms with Gasteiger partial charge in [0.15, 0.2) is 5.78 Å². The van der Waals surface area contributed by atoms with Gasteiger partial charge >= 0.3 is 5.97 Å². The summed E-state index contributed by atoms with van der Waals surface area (Å²) in [6.07, 6.45) is 0. The summed E-state index contributed by atoms with van der Waals surface area (Å²) in [5, 5.41) is 9.57. The highest BCUT2D eigenvalue weighted by Crippen LogP contribution is 2.18. The van der Waals surface area contributed by atoms with Crippen molar-refractivity contribution in [2.45, 2.75) is 13.5 Å². The number of aromatic hydroxyl groups is 1. The van der Waals surface area contributed by atoms with Gasteiger partial charge in [-0.15, -0.1) is 0 Å². The molecule has 0 aliphatic heterocycles. The van der Waals surface area contributed by atoms with Gasteiger partial charge in [0.2, 0.25) is 0 Å². The number of rotatable bonds is 4. The maximum atomic E-state index is 11.9. The quantitative estimate of drug-likeness (QED) is 0.685. The fourth-order valence-electron chi connectivity index (χ4n) is 1.86. The molecule has 20 heavy (non-hydrogen) atoms. The van der Waals surface area contributed by atoms with Crippen LogP contribution in [0.2, 0.25) is 0 Å². The number of carbonyl (C=O) groups excluding carboxylic acids is 2. The van der Waals surface area contributed by atoms with E-state index >= 15 is 0 Å². The number of benzene rings is 2. The molecule has 0 bridgehead atoms. The lowest BCUT2D eigenvalue weighted by molar-refractivity contribution is 0.0467. The second-order valence-electron chi connectivity index (χ2n) is 4.31.